The van der Waals surface area contributed by atoms with Crippen LogP contribution in [0.3, 0.4) is 0 Å². The lowest BCUT2D eigenvalue weighted by atomic mass is 9.96. The van der Waals surface area contributed by atoms with E-state index in [0.717, 1.165) is 28.9 Å². The average molecular weight is 472 g/mol. The van der Waals surface area contributed by atoms with Crippen LogP contribution in [-0.4, -0.2) is 17.7 Å². The molecule has 0 radical (unpaired) electrons. The van der Waals surface area contributed by atoms with Gasteiger partial charge in [-0.2, -0.15) is 5.26 Å². The van der Waals surface area contributed by atoms with Crippen molar-refractivity contribution in [2.24, 2.45) is 0 Å². The van der Waals surface area contributed by atoms with Gasteiger partial charge in [-0.25, -0.2) is 4.98 Å². The Kier molecular flexibility index (Phi) is 5.43. The second kappa shape index (κ2) is 8.57. The van der Waals surface area contributed by atoms with E-state index >= 15 is 0 Å². The van der Waals surface area contributed by atoms with Gasteiger partial charge in [0.25, 0.3) is 5.91 Å². The number of aromatic nitrogens is 1. The maximum Gasteiger partial charge on any atom is 0.263 e. The number of hydrogen-bond donors (Lipinski definition) is 3. The summed E-state index contributed by atoms with van der Waals surface area (Å²) >= 11 is 1.15. The molecule has 0 spiro atoms. The van der Waals surface area contributed by atoms with Crippen molar-refractivity contribution in [3.05, 3.63) is 64.0 Å². The quantitative estimate of drug-likeness (QED) is 0.396. The summed E-state index contributed by atoms with van der Waals surface area (Å²) in [6.45, 7) is 2.55. The molecule has 0 bridgehead atoms. The highest BCUT2D eigenvalue weighted by atomic mass is 32.1. The SMILES string of the molecule is CCc1ccc(-c2c(C#N)c(N)nc3sc(C(=O)NCc4ccc5c(c4)OCO5)c(N)c23)cc1. The predicted octanol–water partition coefficient (Wildman–Crippen LogP) is 4.22. The number of pyridine rings is 1. The van der Waals surface area contributed by atoms with Crippen LogP contribution in [0.2, 0.25) is 0 Å². The highest BCUT2D eigenvalue weighted by Crippen LogP contribution is 2.42. The first-order chi connectivity index (χ1) is 16.5. The van der Waals surface area contributed by atoms with Crippen LogP contribution in [0.1, 0.15) is 33.3 Å². The van der Waals surface area contributed by atoms with Crippen LogP contribution in [0.4, 0.5) is 11.5 Å². The van der Waals surface area contributed by atoms with Crippen molar-refractivity contribution < 1.29 is 14.3 Å². The van der Waals surface area contributed by atoms with E-state index in [1.807, 2.05) is 42.5 Å². The summed E-state index contributed by atoms with van der Waals surface area (Å²) in [6.07, 6.45) is 0.896. The van der Waals surface area contributed by atoms with E-state index in [9.17, 15) is 10.1 Å². The van der Waals surface area contributed by atoms with Crippen molar-refractivity contribution in [2.75, 3.05) is 18.3 Å². The second-order valence-electron chi connectivity index (χ2n) is 7.80. The van der Waals surface area contributed by atoms with Gasteiger partial charge in [0.1, 0.15) is 27.2 Å². The molecule has 2 aromatic heterocycles. The molecule has 8 nitrogen and oxygen atoms in total. The second-order valence-corrected chi connectivity index (χ2v) is 8.80. The van der Waals surface area contributed by atoms with Crippen molar-refractivity contribution in [1.82, 2.24) is 10.3 Å². The highest BCUT2D eigenvalue weighted by molar-refractivity contribution is 7.21. The van der Waals surface area contributed by atoms with Gasteiger partial charge >= 0.3 is 0 Å². The number of nitriles is 1. The maximum absolute atomic E-state index is 13.1. The first-order valence-corrected chi connectivity index (χ1v) is 11.5. The van der Waals surface area contributed by atoms with Crippen molar-refractivity contribution in [2.45, 2.75) is 19.9 Å². The fourth-order valence-electron chi connectivity index (χ4n) is 3.96. The number of carbonyl (C=O) groups excluding carboxylic acids is 1. The molecule has 1 aliphatic rings. The molecule has 2 aromatic carbocycles. The molecule has 0 aliphatic carbocycles. The topological polar surface area (TPSA) is 136 Å². The number of ether oxygens (including phenoxy) is 2. The van der Waals surface area contributed by atoms with E-state index < -0.39 is 0 Å². The normalized spacial score (nSPS) is 12.0. The van der Waals surface area contributed by atoms with E-state index in [0.29, 0.717) is 32.2 Å². The highest BCUT2D eigenvalue weighted by Gasteiger charge is 2.24. The molecule has 1 amide bonds. The number of nitrogens with zero attached hydrogens (tertiary/aromatic N) is 2. The Morgan fingerprint density at radius 1 is 1.15 bits per heavy atom. The van der Waals surface area contributed by atoms with Crippen molar-refractivity contribution in [3.63, 3.8) is 0 Å². The fraction of sp³-hybridized carbons (Fsp3) is 0.160. The molecule has 0 fully saturated rings. The van der Waals surface area contributed by atoms with Crippen molar-refractivity contribution in [1.29, 1.82) is 5.26 Å². The third kappa shape index (κ3) is 3.64. The monoisotopic (exact) mass is 471 g/mol. The van der Waals surface area contributed by atoms with Crippen LogP contribution in [0.5, 0.6) is 11.5 Å². The van der Waals surface area contributed by atoms with Crippen LogP contribution in [0.25, 0.3) is 21.3 Å². The van der Waals surface area contributed by atoms with Crippen molar-refractivity contribution in [3.8, 4) is 28.7 Å². The van der Waals surface area contributed by atoms with Crippen molar-refractivity contribution >= 4 is 39.0 Å². The largest absolute Gasteiger partial charge is 0.454 e. The zero-order valence-corrected chi connectivity index (χ0v) is 19.2. The minimum Gasteiger partial charge on any atom is -0.454 e. The van der Waals surface area contributed by atoms with E-state index in [4.69, 9.17) is 20.9 Å². The zero-order valence-electron chi connectivity index (χ0n) is 18.3. The van der Waals surface area contributed by atoms with E-state index in [1.54, 1.807) is 0 Å². The van der Waals surface area contributed by atoms with Gasteiger partial charge in [0.2, 0.25) is 6.79 Å². The number of nitrogen functional groups attached to an aromatic ring is 2. The molecule has 0 saturated heterocycles. The minimum absolute atomic E-state index is 0.109. The van der Waals surface area contributed by atoms with E-state index in [1.165, 1.54) is 5.56 Å². The average Bonchev–Trinajstić information content (AvgIpc) is 3.45. The first-order valence-electron chi connectivity index (χ1n) is 10.7. The number of nitrogens with one attached hydrogen (secondary N) is 1. The molecule has 1 aliphatic heterocycles. The Morgan fingerprint density at radius 2 is 1.88 bits per heavy atom. The van der Waals surface area contributed by atoms with Crippen LogP contribution in [0, 0.1) is 11.3 Å². The number of anilines is 2. The Morgan fingerprint density at radius 3 is 2.62 bits per heavy atom. The smallest absolute Gasteiger partial charge is 0.263 e. The molecule has 170 valence electrons. The molecular formula is C25H21N5O3S. The third-order valence-electron chi connectivity index (χ3n) is 5.76. The maximum atomic E-state index is 13.1. The third-order valence-corrected chi connectivity index (χ3v) is 6.86. The van der Waals surface area contributed by atoms with Gasteiger partial charge in [0, 0.05) is 17.5 Å². The Balaban J connectivity index is 1.52. The molecule has 4 aromatic rings. The summed E-state index contributed by atoms with van der Waals surface area (Å²) in [6, 6.07) is 15.5. The molecule has 5 rings (SSSR count). The summed E-state index contributed by atoms with van der Waals surface area (Å²) in [5, 5.41) is 13.3. The minimum atomic E-state index is -0.331. The predicted molar refractivity (Wildman–Crippen MR) is 132 cm³/mol. The van der Waals surface area contributed by atoms with Gasteiger partial charge in [-0.3, -0.25) is 4.79 Å². The Labute approximate surface area is 199 Å². The number of carbonyl (C=O) groups is 1. The molecule has 9 heteroatoms. The summed E-state index contributed by atoms with van der Waals surface area (Å²) in [5.41, 5.74) is 16.5. The van der Waals surface area contributed by atoms with Gasteiger partial charge in [-0.1, -0.05) is 37.3 Å². The molecule has 3 heterocycles. The fourth-order valence-corrected chi connectivity index (χ4v) is 4.99. The molecule has 34 heavy (non-hydrogen) atoms. The lowest BCUT2D eigenvalue weighted by Crippen LogP contribution is -2.22. The summed E-state index contributed by atoms with van der Waals surface area (Å²) < 4.78 is 10.7. The first kappa shape index (κ1) is 21.6. The Hall–Kier alpha value is -4.29. The summed E-state index contributed by atoms with van der Waals surface area (Å²) in [5.74, 6) is 1.11. The lowest BCUT2D eigenvalue weighted by molar-refractivity contribution is 0.0955. The van der Waals surface area contributed by atoms with Crippen LogP contribution in [0.15, 0.2) is 42.5 Å². The summed E-state index contributed by atoms with van der Waals surface area (Å²) in [4.78, 5) is 18.3. The van der Waals surface area contributed by atoms with Crippen LogP contribution >= 0.6 is 11.3 Å². The standard InChI is InChI=1S/C25H21N5O3S/c1-2-13-3-6-15(7-4-13)19-16(10-26)23(28)30-25-20(19)21(27)22(34-25)24(31)29-11-14-5-8-17-18(9-14)33-12-32-17/h3-9H,2,11-12,27H2,1H3,(H2,28,30)(H,29,31). The van der Waals surface area contributed by atoms with Gasteiger partial charge in [0.15, 0.2) is 11.5 Å². The van der Waals surface area contributed by atoms with Gasteiger partial charge < -0.3 is 26.3 Å². The number of amides is 1. The number of thiophene rings is 1. The Bertz CT molecular complexity index is 1470. The molecule has 5 N–H and O–H groups in total. The van der Waals surface area contributed by atoms with E-state index in [-0.39, 0.29) is 36.3 Å². The number of rotatable bonds is 5. The number of benzene rings is 2. The lowest BCUT2D eigenvalue weighted by Gasteiger charge is -2.10. The molecule has 0 unspecified atom stereocenters. The number of aryl methyl sites for hydroxylation is 1. The van der Waals surface area contributed by atoms with E-state index in [2.05, 4.69) is 23.3 Å². The number of fused-ring (bicyclic) bond motifs is 2. The van der Waals surface area contributed by atoms with Gasteiger partial charge in [-0.15, -0.1) is 11.3 Å². The zero-order chi connectivity index (χ0) is 23.8. The molecule has 0 saturated carbocycles. The molecular weight excluding hydrogens is 450 g/mol. The summed E-state index contributed by atoms with van der Waals surface area (Å²) in [7, 11) is 0. The van der Waals surface area contributed by atoms with Crippen LogP contribution < -0.4 is 26.3 Å². The number of nitrogens with two attached hydrogens (primary N) is 2. The van der Waals surface area contributed by atoms with Gasteiger partial charge in [-0.05, 0) is 35.2 Å². The number of hydrogen-bond acceptors (Lipinski definition) is 8. The van der Waals surface area contributed by atoms with Crippen LogP contribution in [-0.2, 0) is 13.0 Å². The van der Waals surface area contributed by atoms with Gasteiger partial charge in [0.05, 0.1) is 5.69 Å². The molecule has 0 atom stereocenters.